The van der Waals surface area contributed by atoms with Crippen molar-refractivity contribution in [2.75, 3.05) is 6.61 Å². The average molecular weight is 229 g/mol. The van der Waals surface area contributed by atoms with Crippen LogP contribution in [0.2, 0.25) is 0 Å². The Morgan fingerprint density at radius 1 is 1.69 bits per heavy atom. The average Bonchev–Trinajstić information content (AvgIpc) is 2.28. The molecule has 1 aliphatic rings. The molecule has 0 saturated carbocycles. The molecule has 0 aromatic heterocycles. The van der Waals surface area contributed by atoms with Crippen molar-refractivity contribution in [1.29, 1.82) is 0 Å². The van der Waals surface area contributed by atoms with Gasteiger partial charge in [0.05, 0.1) is 6.10 Å². The molecule has 1 rings (SSSR count). The molecule has 0 aliphatic carbocycles. The van der Waals surface area contributed by atoms with Gasteiger partial charge in [-0.1, -0.05) is 12.1 Å². The van der Waals surface area contributed by atoms with E-state index >= 15 is 0 Å². The minimum Gasteiger partial charge on any atom is -0.409 e. The number of amidine groups is 1. The quantitative estimate of drug-likeness (QED) is 0.285. The van der Waals surface area contributed by atoms with Crippen molar-refractivity contribution < 1.29 is 9.94 Å². The van der Waals surface area contributed by atoms with Crippen LogP contribution in [0, 0.1) is 0 Å². The summed E-state index contributed by atoms with van der Waals surface area (Å²) in [4.78, 5) is 0. The van der Waals surface area contributed by atoms with Gasteiger partial charge in [-0.15, -0.1) is 0 Å². The van der Waals surface area contributed by atoms with Gasteiger partial charge in [-0.2, -0.15) is 0 Å². The van der Waals surface area contributed by atoms with Crippen LogP contribution in [0.25, 0.3) is 0 Å². The third kappa shape index (κ3) is 4.37. The lowest BCUT2D eigenvalue weighted by Crippen LogP contribution is -2.44. The Balaban J connectivity index is 2.37. The highest BCUT2D eigenvalue weighted by Crippen LogP contribution is 2.14. The zero-order valence-corrected chi connectivity index (χ0v) is 10.1. The number of oxime groups is 1. The van der Waals surface area contributed by atoms with Crippen molar-refractivity contribution in [3.63, 3.8) is 0 Å². The van der Waals surface area contributed by atoms with Crippen molar-refractivity contribution in [2.45, 2.75) is 57.7 Å². The van der Waals surface area contributed by atoms with Crippen LogP contribution < -0.4 is 11.1 Å². The Morgan fingerprint density at radius 2 is 2.44 bits per heavy atom. The minimum atomic E-state index is 0.284. The molecule has 3 atom stereocenters. The molecule has 1 fully saturated rings. The lowest BCUT2D eigenvalue weighted by Gasteiger charge is -2.31. The van der Waals surface area contributed by atoms with Crippen LogP contribution in [0.5, 0.6) is 0 Å². The van der Waals surface area contributed by atoms with Crippen molar-refractivity contribution in [3.05, 3.63) is 0 Å². The molecule has 0 spiro atoms. The molecule has 1 heterocycles. The second-order valence-corrected chi connectivity index (χ2v) is 4.47. The van der Waals surface area contributed by atoms with Crippen molar-refractivity contribution >= 4 is 5.84 Å². The summed E-state index contributed by atoms with van der Waals surface area (Å²) in [6, 6.07) is 0.770. The van der Waals surface area contributed by atoms with Crippen LogP contribution in [-0.4, -0.2) is 35.8 Å². The minimum absolute atomic E-state index is 0.284. The molecule has 0 radical (unpaired) electrons. The third-order valence-corrected chi connectivity index (χ3v) is 3.03. The molecule has 0 aromatic rings. The lowest BCUT2D eigenvalue weighted by molar-refractivity contribution is 0.0113. The van der Waals surface area contributed by atoms with Crippen molar-refractivity contribution in [1.82, 2.24) is 5.32 Å². The van der Waals surface area contributed by atoms with Gasteiger partial charge in [0.1, 0.15) is 5.84 Å². The second-order valence-electron chi connectivity index (χ2n) is 4.47. The summed E-state index contributed by atoms with van der Waals surface area (Å²) >= 11 is 0. The van der Waals surface area contributed by atoms with E-state index in [2.05, 4.69) is 24.3 Å². The summed E-state index contributed by atoms with van der Waals surface area (Å²) in [7, 11) is 0. The van der Waals surface area contributed by atoms with Crippen LogP contribution in [0.3, 0.4) is 0 Å². The SMILES string of the molecule is CCC(CC(N)=NO)NC1CCOC(C)C1. The molecular weight excluding hydrogens is 206 g/mol. The molecule has 4 N–H and O–H groups in total. The van der Waals surface area contributed by atoms with E-state index in [0.29, 0.717) is 24.4 Å². The molecule has 5 heteroatoms. The Hall–Kier alpha value is -0.810. The summed E-state index contributed by atoms with van der Waals surface area (Å²) in [5.41, 5.74) is 5.52. The molecule has 94 valence electrons. The van der Waals surface area contributed by atoms with Gasteiger partial charge < -0.3 is 21.0 Å². The number of nitrogens with one attached hydrogen (secondary N) is 1. The van der Waals surface area contributed by atoms with Crippen LogP contribution in [-0.2, 0) is 4.74 Å². The summed E-state index contributed by atoms with van der Waals surface area (Å²) in [6.45, 7) is 5.02. The molecule has 16 heavy (non-hydrogen) atoms. The molecule has 0 aromatic carbocycles. The summed E-state index contributed by atoms with van der Waals surface area (Å²) < 4.78 is 5.50. The first-order chi connectivity index (χ1) is 7.65. The third-order valence-electron chi connectivity index (χ3n) is 3.03. The Morgan fingerprint density at radius 3 is 3.00 bits per heavy atom. The lowest BCUT2D eigenvalue weighted by atomic mass is 10.0. The number of nitrogens with two attached hydrogens (primary N) is 1. The zero-order chi connectivity index (χ0) is 12.0. The highest BCUT2D eigenvalue weighted by molar-refractivity contribution is 5.80. The van der Waals surface area contributed by atoms with Crippen molar-refractivity contribution in [2.24, 2.45) is 10.9 Å². The van der Waals surface area contributed by atoms with E-state index in [9.17, 15) is 0 Å². The predicted octanol–water partition coefficient (Wildman–Crippen LogP) is 1.06. The molecule has 3 unspecified atom stereocenters. The van der Waals surface area contributed by atoms with Gasteiger partial charge in [0, 0.05) is 25.1 Å². The zero-order valence-electron chi connectivity index (χ0n) is 10.1. The molecule has 0 amide bonds. The van der Waals surface area contributed by atoms with E-state index in [-0.39, 0.29) is 6.04 Å². The Labute approximate surface area is 97.0 Å². The van der Waals surface area contributed by atoms with E-state index in [1.54, 1.807) is 0 Å². The van der Waals surface area contributed by atoms with Gasteiger partial charge in [-0.25, -0.2) is 0 Å². The highest BCUT2D eigenvalue weighted by Gasteiger charge is 2.21. The van der Waals surface area contributed by atoms with E-state index < -0.39 is 0 Å². The van der Waals surface area contributed by atoms with E-state index in [4.69, 9.17) is 15.7 Å². The van der Waals surface area contributed by atoms with E-state index in [0.717, 1.165) is 25.9 Å². The van der Waals surface area contributed by atoms with Crippen LogP contribution in [0.4, 0.5) is 0 Å². The first-order valence-corrected chi connectivity index (χ1v) is 5.99. The van der Waals surface area contributed by atoms with Gasteiger partial charge >= 0.3 is 0 Å². The molecule has 1 aliphatic heterocycles. The number of rotatable bonds is 5. The predicted molar refractivity (Wildman–Crippen MR) is 63.7 cm³/mol. The van der Waals surface area contributed by atoms with Crippen molar-refractivity contribution in [3.8, 4) is 0 Å². The molecule has 1 saturated heterocycles. The topological polar surface area (TPSA) is 79.9 Å². The largest absolute Gasteiger partial charge is 0.409 e. The first-order valence-electron chi connectivity index (χ1n) is 5.99. The van der Waals surface area contributed by atoms with Crippen LogP contribution >= 0.6 is 0 Å². The van der Waals surface area contributed by atoms with Gasteiger partial charge in [0.25, 0.3) is 0 Å². The summed E-state index contributed by atoms with van der Waals surface area (Å²) in [5, 5.41) is 15.1. The number of nitrogens with zero attached hydrogens (tertiary/aromatic N) is 1. The standard InChI is InChI=1S/C11H23N3O2/c1-3-9(7-11(12)14-15)13-10-4-5-16-8(2)6-10/h8-10,13,15H,3-7H2,1-2H3,(H2,12,14). The van der Waals surface area contributed by atoms with Gasteiger partial charge in [-0.05, 0) is 26.2 Å². The molecule has 0 bridgehead atoms. The number of hydrogen-bond donors (Lipinski definition) is 3. The maximum Gasteiger partial charge on any atom is 0.140 e. The fourth-order valence-corrected chi connectivity index (χ4v) is 2.10. The number of ether oxygens (including phenoxy) is 1. The number of hydrogen-bond acceptors (Lipinski definition) is 4. The maximum atomic E-state index is 8.54. The molecule has 5 nitrogen and oxygen atoms in total. The second kappa shape index (κ2) is 6.70. The molecular formula is C11H23N3O2. The van der Waals surface area contributed by atoms with Crippen LogP contribution in [0.1, 0.15) is 39.5 Å². The fraction of sp³-hybridized carbons (Fsp3) is 0.909. The first kappa shape index (κ1) is 13.3. The van der Waals surface area contributed by atoms with Gasteiger partial charge in [0.15, 0.2) is 0 Å². The van der Waals surface area contributed by atoms with Crippen LogP contribution in [0.15, 0.2) is 5.16 Å². The van der Waals surface area contributed by atoms with E-state index in [1.807, 2.05) is 0 Å². The van der Waals surface area contributed by atoms with E-state index in [1.165, 1.54) is 0 Å². The Bertz CT molecular complexity index is 233. The summed E-state index contributed by atoms with van der Waals surface area (Å²) in [6.07, 6.45) is 3.97. The van der Waals surface area contributed by atoms with Gasteiger partial charge in [-0.3, -0.25) is 0 Å². The monoisotopic (exact) mass is 229 g/mol. The fourth-order valence-electron chi connectivity index (χ4n) is 2.10. The highest BCUT2D eigenvalue weighted by atomic mass is 16.5. The smallest absolute Gasteiger partial charge is 0.140 e. The van der Waals surface area contributed by atoms with Gasteiger partial charge in [0.2, 0.25) is 0 Å². The normalized spacial score (nSPS) is 29.0. The summed E-state index contributed by atoms with van der Waals surface area (Å²) in [5.74, 6) is 0.291. The maximum absolute atomic E-state index is 8.54. The Kier molecular flexibility index (Phi) is 5.55.